The van der Waals surface area contributed by atoms with E-state index in [4.69, 9.17) is 4.74 Å². The predicted octanol–water partition coefficient (Wildman–Crippen LogP) is 2.63. The molecule has 1 nitrogen and oxygen atoms in total. The number of hydrogen-bond donors (Lipinski definition) is 0. The van der Waals surface area contributed by atoms with Crippen LogP contribution in [0.5, 0.6) is 0 Å². The summed E-state index contributed by atoms with van der Waals surface area (Å²) in [5.74, 6) is -0.192. The lowest BCUT2D eigenvalue weighted by Crippen LogP contribution is -1.79. The molecular formula is C11H11FO. The van der Waals surface area contributed by atoms with Crippen LogP contribution < -0.4 is 0 Å². The summed E-state index contributed by atoms with van der Waals surface area (Å²) in [6, 6.07) is 6.46. The van der Waals surface area contributed by atoms with Crippen LogP contribution in [0.4, 0.5) is 4.39 Å². The Morgan fingerprint density at radius 1 is 1.38 bits per heavy atom. The van der Waals surface area contributed by atoms with E-state index in [1.54, 1.807) is 12.1 Å². The quantitative estimate of drug-likeness (QED) is 0.648. The average molecular weight is 178 g/mol. The predicted molar refractivity (Wildman–Crippen MR) is 49.8 cm³/mol. The van der Waals surface area contributed by atoms with Gasteiger partial charge in [-0.25, -0.2) is 4.39 Å². The third-order valence-electron chi connectivity index (χ3n) is 1.98. The second-order valence-electron chi connectivity index (χ2n) is 3.14. The van der Waals surface area contributed by atoms with Crippen molar-refractivity contribution in [3.05, 3.63) is 41.7 Å². The highest BCUT2D eigenvalue weighted by atomic mass is 19.1. The van der Waals surface area contributed by atoms with E-state index in [9.17, 15) is 4.39 Å². The van der Waals surface area contributed by atoms with Crippen LogP contribution in [-0.4, -0.2) is 12.7 Å². The molecule has 0 aliphatic carbocycles. The van der Waals surface area contributed by atoms with Crippen molar-refractivity contribution in [1.29, 1.82) is 0 Å². The Labute approximate surface area is 76.8 Å². The van der Waals surface area contributed by atoms with Crippen LogP contribution in [-0.2, 0) is 4.74 Å². The Balaban J connectivity index is 1.92. The second-order valence-corrected chi connectivity index (χ2v) is 3.14. The highest BCUT2D eigenvalue weighted by Crippen LogP contribution is 2.14. The molecule has 0 spiro atoms. The fourth-order valence-corrected chi connectivity index (χ4v) is 1.13. The van der Waals surface area contributed by atoms with E-state index in [2.05, 4.69) is 6.08 Å². The van der Waals surface area contributed by atoms with E-state index in [1.807, 2.05) is 6.08 Å². The van der Waals surface area contributed by atoms with Crippen molar-refractivity contribution < 1.29 is 9.13 Å². The maximum Gasteiger partial charge on any atom is 0.123 e. The smallest absolute Gasteiger partial charge is 0.123 e. The zero-order valence-electron chi connectivity index (χ0n) is 7.24. The lowest BCUT2D eigenvalue weighted by Gasteiger charge is -1.91. The van der Waals surface area contributed by atoms with Crippen molar-refractivity contribution in [2.45, 2.75) is 12.5 Å². The number of rotatable bonds is 3. The molecule has 0 amide bonds. The summed E-state index contributed by atoms with van der Waals surface area (Å²) in [6.45, 7) is 0.883. The molecule has 1 aromatic rings. The Morgan fingerprint density at radius 2 is 2.08 bits per heavy atom. The summed E-state index contributed by atoms with van der Waals surface area (Å²) in [7, 11) is 0. The topological polar surface area (TPSA) is 12.5 Å². The number of benzene rings is 1. The number of halogens is 1. The first-order valence-electron chi connectivity index (χ1n) is 4.38. The molecule has 1 unspecified atom stereocenters. The highest BCUT2D eigenvalue weighted by molar-refractivity contribution is 5.48. The van der Waals surface area contributed by atoms with Gasteiger partial charge in [0.25, 0.3) is 0 Å². The Kier molecular flexibility index (Phi) is 2.41. The van der Waals surface area contributed by atoms with Gasteiger partial charge in [-0.1, -0.05) is 24.3 Å². The van der Waals surface area contributed by atoms with E-state index in [0.717, 1.165) is 18.6 Å². The summed E-state index contributed by atoms with van der Waals surface area (Å²) >= 11 is 0. The molecule has 0 radical (unpaired) electrons. The first-order valence-corrected chi connectivity index (χ1v) is 4.38. The molecule has 1 saturated heterocycles. The largest absolute Gasteiger partial charge is 0.373 e. The van der Waals surface area contributed by atoms with Gasteiger partial charge in [-0.05, 0) is 24.1 Å². The minimum atomic E-state index is -0.192. The van der Waals surface area contributed by atoms with Crippen LogP contribution >= 0.6 is 0 Å². The first kappa shape index (κ1) is 8.45. The van der Waals surface area contributed by atoms with E-state index < -0.39 is 0 Å². The molecule has 2 heteroatoms. The molecule has 1 fully saturated rings. The molecule has 13 heavy (non-hydrogen) atoms. The third kappa shape index (κ3) is 2.67. The minimum Gasteiger partial charge on any atom is -0.373 e. The van der Waals surface area contributed by atoms with Crippen molar-refractivity contribution in [3.8, 4) is 0 Å². The van der Waals surface area contributed by atoms with E-state index in [-0.39, 0.29) is 5.82 Å². The molecule has 2 rings (SSSR count). The van der Waals surface area contributed by atoms with Gasteiger partial charge in [0.05, 0.1) is 12.7 Å². The maximum absolute atomic E-state index is 12.5. The zero-order chi connectivity index (χ0) is 9.10. The SMILES string of the molecule is Fc1ccc(/C=C/CC2CO2)cc1. The molecule has 0 N–H and O–H groups in total. The molecule has 1 aromatic carbocycles. The van der Waals surface area contributed by atoms with Crippen molar-refractivity contribution in [1.82, 2.24) is 0 Å². The summed E-state index contributed by atoms with van der Waals surface area (Å²) in [5.41, 5.74) is 1.03. The van der Waals surface area contributed by atoms with Gasteiger partial charge in [0.2, 0.25) is 0 Å². The summed E-state index contributed by atoms with van der Waals surface area (Å²) in [6.07, 6.45) is 5.43. The van der Waals surface area contributed by atoms with E-state index in [1.165, 1.54) is 12.1 Å². The molecule has 1 heterocycles. The van der Waals surface area contributed by atoms with E-state index >= 15 is 0 Å². The summed E-state index contributed by atoms with van der Waals surface area (Å²) in [4.78, 5) is 0. The zero-order valence-corrected chi connectivity index (χ0v) is 7.24. The van der Waals surface area contributed by atoms with Crippen LogP contribution in [0.1, 0.15) is 12.0 Å². The molecule has 1 atom stereocenters. The molecule has 0 saturated carbocycles. The molecule has 68 valence electrons. The van der Waals surface area contributed by atoms with Crippen LogP contribution in [0.2, 0.25) is 0 Å². The van der Waals surface area contributed by atoms with E-state index in [0.29, 0.717) is 6.10 Å². The van der Waals surface area contributed by atoms with Gasteiger partial charge in [-0.3, -0.25) is 0 Å². The lowest BCUT2D eigenvalue weighted by atomic mass is 10.2. The van der Waals surface area contributed by atoms with Gasteiger partial charge in [0.1, 0.15) is 5.82 Å². The molecule has 1 aliphatic heterocycles. The molecule has 0 bridgehead atoms. The van der Waals surface area contributed by atoms with Crippen molar-refractivity contribution in [2.24, 2.45) is 0 Å². The summed E-state index contributed by atoms with van der Waals surface area (Å²) in [5, 5.41) is 0. The number of epoxide rings is 1. The van der Waals surface area contributed by atoms with Crippen LogP contribution in [0.3, 0.4) is 0 Å². The average Bonchev–Trinajstić information content (AvgIpc) is 2.92. The normalized spacial score (nSPS) is 20.8. The molecule has 1 aliphatic rings. The Morgan fingerprint density at radius 3 is 2.69 bits per heavy atom. The van der Waals surface area contributed by atoms with Gasteiger partial charge in [-0.2, -0.15) is 0 Å². The first-order chi connectivity index (χ1) is 6.34. The highest BCUT2D eigenvalue weighted by Gasteiger charge is 2.19. The molecule has 0 aromatic heterocycles. The summed E-state index contributed by atoms with van der Waals surface area (Å²) < 4.78 is 17.6. The number of hydrogen-bond acceptors (Lipinski definition) is 1. The number of ether oxygens (including phenoxy) is 1. The van der Waals surface area contributed by atoms with Gasteiger partial charge in [0, 0.05) is 0 Å². The van der Waals surface area contributed by atoms with Gasteiger partial charge in [-0.15, -0.1) is 0 Å². The van der Waals surface area contributed by atoms with Crippen LogP contribution in [0.25, 0.3) is 6.08 Å². The third-order valence-corrected chi connectivity index (χ3v) is 1.98. The van der Waals surface area contributed by atoms with Crippen LogP contribution in [0.15, 0.2) is 30.3 Å². The fraction of sp³-hybridized carbons (Fsp3) is 0.273. The van der Waals surface area contributed by atoms with Gasteiger partial charge < -0.3 is 4.74 Å². The molecular weight excluding hydrogens is 167 g/mol. The van der Waals surface area contributed by atoms with Crippen molar-refractivity contribution in [2.75, 3.05) is 6.61 Å². The Hall–Kier alpha value is -1.15. The lowest BCUT2D eigenvalue weighted by molar-refractivity contribution is 0.410. The monoisotopic (exact) mass is 178 g/mol. The standard InChI is InChI=1S/C11H11FO/c12-10-6-4-9(5-7-10)2-1-3-11-8-13-11/h1-2,4-7,11H,3,8H2/b2-1+. The Bertz CT molecular complexity index is 298. The van der Waals surface area contributed by atoms with Crippen molar-refractivity contribution in [3.63, 3.8) is 0 Å². The van der Waals surface area contributed by atoms with Crippen LogP contribution in [0, 0.1) is 5.82 Å². The van der Waals surface area contributed by atoms with Crippen molar-refractivity contribution >= 4 is 6.08 Å². The second kappa shape index (κ2) is 3.71. The minimum absolute atomic E-state index is 0.192. The van der Waals surface area contributed by atoms with Gasteiger partial charge >= 0.3 is 0 Å². The fourth-order valence-electron chi connectivity index (χ4n) is 1.13. The maximum atomic E-state index is 12.5. The van der Waals surface area contributed by atoms with Gasteiger partial charge in [0.15, 0.2) is 0 Å².